The van der Waals surface area contributed by atoms with Gasteiger partial charge >= 0.3 is 0 Å². The van der Waals surface area contributed by atoms with Crippen molar-refractivity contribution in [3.05, 3.63) is 36.0 Å². The van der Waals surface area contributed by atoms with Crippen molar-refractivity contribution in [1.29, 1.82) is 0 Å². The Bertz CT molecular complexity index is 1270. The number of aliphatic hydroxyl groups is 1. The zero-order valence-corrected chi connectivity index (χ0v) is 21.1. The van der Waals surface area contributed by atoms with E-state index in [1.165, 1.54) is 12.1 Å². The maximum atomic E-state index is 14.5. The van der Waals surface area contributed by atoms with Gasteiger partial charge in [0.05, 0.1) is 24.5 Å². The minimum absolute atomic E-state index is 0.00351. The van der Waals surface area contributed by atoms with Gasteiger partial charge in [0, 0.05) is 30.6 Å². The summed E-state index contributed by atoms with van der Waals surface area (Å²) in [6.07, 6.45) is 6.24. The number of nitrogens with zero attached hydrogens (tertiary/aromatic N) is 5. The summed E-state index contributed by atoms with van der Waals surface area (Å²) >= 11 is 0. The molecule has 2 aromatic heterocycles. The van der Waals surface area contributed by atoms with E-state index < -0.39 is 11.6 Å². The minimum atomic E-state index is -0.717. The lowest BCUT2D eigenvalue weighted by atomic mass is 9.85. The first-order chi connectivity index (χ1) is 17.8. The third kappa shape index (κ3) is 5.22. The van der Waals surface area contributed by atoms with E-state index in [1.54, 1.807) is 6.20 Å². The third-order valence-corrected chi connectivity index (χ3v) is 7.31. The van der Waals surface area contributed by atoms with Gasteiger partial charge in [0.2, 0.25) is 17.8 Å². The number of likely N-dealkylation sites (tertiary alicyclic amines) is 1. The minimum Gasteiger partial charge on any atom is -0.394 e. The van der Waals surface area contributed by atoms with Crippen LogP contribution in [0.1, 0.15) is 58.4 Å². The number of aromatic nitrogens is 4. The highest BCUT2D eigenvalue weighted by molar-refractivity contribution is 5.80. The van der Waals surface area contributed by atoms with E-state index in [-0.39, 0.29) is 42.2 Å². The SMILES string of the molecule is CC(C)Nc1ncc2nc(Nc3ccc(F)cc3F)n([C@H]3CC[C@@H](C(=O)N4CCC[C@H]4CO)CC3)c2n1. The number of rotatable bonds is 7. The van der Waals surface area contributed by atoms with Gasteiger partial charge < -0.3 is 20.6 Å². The van der Waals surface area contributed by atoms with Gasteiger partial charge in [-0.25, -0.2) is 18.7 Å². The van der Waals surface area contributed by atoms with Crippen LogP contribution in [0.15, 0.2) is 24.4 Å². The van der Waals surface area contributed by atoms with Gasteiger partial charge in [-0.2, -0.15) is 4.98 Å². The number of imidazole rings is 1. The number of benzene rings is 1. The van der Waals surface area contributed by atoms with Crippen LogP contribution in [-0.2, 0) is 4.79 Å². The molecule has 0 bridgehead atoms. The molecular weight excluding hydrogens is 480 g/mol. The molecule has 37 heavy (non-hydrogen) atoms. The van der Waals surface area contributed by atoms with Gasteiger partial charge in [-0.15, -0.1) is 0 Å². The topological polar surface area (TPSA) is 108 Å². The summed E-state index contributed by atoms with van der Waals surface area (Å²) in [5, 5.41) is 15.9. The quantitative estimate of drug-likeness (QED) is 0.430. The van der Waals surface area contributed by atoms with E-state index in [4.69, 9.17) is 4.98 Å². The van der Waals surface area contributed by atoms with E-state index in [0.717, 1.165) is 31.7 Å². The van der Waals surface area contributed by atoms with Crippen LogP contribution in [0.25, 0.3) is 11.2 Å². The summed E-state index contributed by atoms with van der Waals surface area (Å²) in [6.45, 7) is 4.70. The number of hydrogen-bond donors (Lipinski definition) is 3. The second-order valence-electron chi connectivity index (χ2n) is 10.3. The molecule has 9 nitrogen and oxygen atoms in total. The summed E-state index contributed by atoms with van der Waals surface area (Å²) in [5.74, 6) is -0.469. The van der Waals surface area contributed by atoms with Crippen LogP contribution in [0.5, 0.6) is 0 Å². The van der Waals surface area contributed by atoms with Crippen LogP contribution in [-0.4, -0.2) is 60.7 Å². The molecule has 3 aromatic rings. The molecule has 5 rings (SSSR count). The van der Waals surface area contributed by atoms with E-state index in [9.17, 15) is 18.7 Å². The zero-order chi connectivity index (χ0) is 26.1. The fourth-order valence-electron chi connectivity index (χ4n) is 5.50. The van der Waals surface area contributed by atoms with E-state index in [2.05, 4.69) is 20.6 Å². The molecule has 3 heterocycles. The number of carbonyl (C=O) groups excluding carboxylic acids is 1. The Hall–Kier alpha value is -3.34. The monoisotopic (exact) mass is 513 g/mol. The molecular formula is C26H33F2N7O2. The van der Waals surface area contributed by atoms with Crippen LogP contribution in [0.4, 0.5) is 26.4 Å². The highest BCUT2D eigenvalue weighted by atomic mass is 19.1. The Kier molecular flexibility index (Phi) is 7.23. The Morgan fingerprint density at radius 3 is 2.65 bits per heavy atom. The number of amides is 1. The molecule has 2 aliphatic rings. The van der Waals surface area contributed by atoms with Crippen molar-refractivity contribution in [2.24, 2.45) is 5.92 Å². The molecule has 0 unspecified atom stereocenters. The van der Waals surface area contributed by atoms with E-state index in [0.29, 0.717) is 42.4 Å². The Labute approximate surface area is 214 Å². The zero-order valence-electron chi connectivity index (χ0n) is 21.1. The van der Waals surface area contributed by atoms with Gasteiger partial charge in [-0.05, 0) is 64.5 Å². The van der Waals surface area contributed by atoms with Crippen LogP contribution < -0.4 is 10.6 Å². The van der Waals surface area contributed by atoms with Crippen LogP contribution in [0.3, 0.4) is 0 Å². The van der Waals surface area contributed by atoms with Crippen molar-refractivity contribution in [3.63, 3.8) is 0 Å². The molecule has 1 aromatic carbocycles. The average molecular weight is 514 g/mol. The van der Waals surface area contributed by atoms with Gasteiger partial charge in [-0.3, -0.25) is 9.36 Å². The molecule has 1 amide bonds. The second kappa shape index (κ2) is 10.6. The number of nitrogens with one attached hydrogen (secondary N) is 2. The number of halogens is 2. The lowest BCUT2D eigenvalue weighted by molar-refractivity contribution is -0.138. The lowest BCUT2D eigenvalue weighted by Crippen LogP contribution is -2.42. The predicted molar refractivity (Wildman–Crippen MR) is 137 cm³/mol. The average Bonchev–Trinajstić information content (AvgIpc) is 3.49. The molecule has 0 radical (unpaired) electrons. The molecule has 0 spiro atoms. The van der Waals surface area contributed by atoms with Gasteiger partial charge in [0.25, 0.3) is 0 Å². The summed E-state index contributed by atoms with van der Waals surface area (Å²) < 4.78 is 29.9. The smallest absolute Gasteiger partial charge is 0.226 e. The summed E-state index contributed by atoms with van der Waals surface area (Å²) in [5.41, 5.74) is 1.28. The van der Waals surface area contributed by atoms with Crippen molar-refractivity contribution in [1.82, 2.24) is 24.4 Å². The van der Waals surface area contributed by atoms with Crippen molar-refractivity contribution >= 4 is 34.7 Å². The normalized spacial score (nSPS) is 22.1. The predicted octanol–water partition coefficient (Wildman–Crippen LogP) is 4.38. The summed E-state index contributed by atoms with van der Waals surface area (Å²) in [4.78, 5) is 28.7. The third-order valence-electron chi connectivity index (χ3n) is 7.31. The summed E-state index contributed by atoms with van der Waals surface area (Å²) in [6, 6.07) is 3.40. The van der Waals surface area contributed by atoms with Crippen molar-refractivity contribution < 1.29 is 18.7 Å². The molecule has 1 saturated carbocycles. The number of carbonyl (C=O) groups is 1. The standard InChI is InChI=1S/C26H33F2N7O2/c1-15(2)30-25-29-13-22-23(33-25)35(26(32-22)31-21-10-7-17(27)12-20(21)28)18-8-5-16(6-9-18)24(37)34-11-3-4-19(34)14-36/h7,10,12-13,15-16,18-19,36H,3-6,8-9,11,14H2,1-2H3,(H,31,32)(H,29,30,33)/t16-,18+,19-/m0/s1. The number of hydrogen-bond acceptors (Lipinski definition) is 7. The molecule has 2 fully saturated rings. The highest BCUT2D eigenvalue weighted by Gasteiger charge is 2.36. The van der Waals surface area contributed by atoms with Gasteiger partial charge in [0.1, 0.15) is 17.2 Å². The Balaban J connectivity index is 1.43. The molecule has 1 aliphatic heterocycles. The maximum Gasteiger partial charge on any atom is 0.226 e. The molecule has 1 saturated heterocycles. The van der Waals surface area contributed by atoms with Crippen molar-refractivity contribution in [3.8, 4) is 0 Å². The van der Waals surface area contributed by atoms with Crippen LogP contribution >= 0.6 is 0 Å². The number of fused-ring (bicyclic) bond motifs is 1. The van der Waals surface area contributed by atoms with E-state index in [1.807, 2.05) is 23.3 Å². The molecule has 198 valence electrons. The van der Waals surface area contributed by atoms with E-state index >= 15 is 0 Å². The number of anilines is 3. The van der Waals surface area contributed by atoms with Gasteiger partial charge in [0.15, 0.2) is 5.65 Å². The molecule has 1 aliphatic carbocycles. The first-order valence-electron chi connectivity index (χ1n) is 13.0. The van der Waals surface area contributed by atoms with Crippen LogP contribution in [0.2, 0.25) is 0 Å². The first-order valence-corrected chi connectivity index (χ1v) is 13.0. The Morgan fingerprint density at radius 1 is 1.16 bits per heavy atom. The lowest BCUT2D eigenvalue weighted by Gasteiger charge is -2.33. The largest absolute Gasteiger partial charge is 0.394 e. The fraction of sp³-hybridized carbons (Fsp3) is 0.538. The molecule has 1 atom stereocenters. The summed E-state index contributed by atoms with van der Waals surface area (Å²) in [7, 11) is 0. The molecule has 3 N–H and O–H groups in total. The first kappa shape index (κ1) is 25.3. The van der Waals surface area contributed by atoms with Crippen molar-refractivity contribution in [2.45, 2.75) is 70.5 Å². The molecule has 11 heteroatoms. The highest BCUT2D eigenvalue weighted by Crippen LogP contribution is 2.38. The van der Waals surface area contributed by atoms with Crippen molar-refractivity contribution in [2.75, 3.05) is 23.8 Å². The van der Waals surface area contributed by atoms with Gasteiger partial charge in [-0.1, -0.05) is 0 Å². The maximum absolute atomic E-state index is 14.5. The van der Waals surface area contributed by atoms with Crippen LogP contribution in [0, 0.1) is 17.6 Å². The second-order valence-corrected chi connectivity index (χ2v) is 10.3. The fourth-order valence-corrected chi connectivity index (χ4v) is 5.50. The number of aliphatic hydroxyl groups excluding tert-OH is 1. The Morgan fingerprint density at radius 2 is 1.95 bits per heavy atom.